The first kappa shape index (κ1) is 20.9. The molecule has 0 N–H and O–H groups in total. The zero-order valence-corrected chi connectivity index (χ0v) is 17.8. The summed E-state index contributed by atoms with van der Waals surface area (Å²) in [7, 11) is 1.73. The number of carbonyl (C=O) groups is 2. The molecule has 0 unspecified atom stereocenters. The van der Waals surface area contributed by atoms with E-state index in [4.69, 9.17) is 21.1 Å². The summed E-state index contributed by atoms with van der Waals surface area (Å²) in [4.78, 5) is 27.2. The number of carbonyl (C=O) groups excluding carboxylic acids is 2. The zero-order chi connectivity index (χ0) is 21.1. The number of amides is 2. The largest absolute Gasteiger partial charge is 0.446 e. The lowest BCUT2D eigenvalue weighted by atomic mass is 9.66. The molecular weight excluding hydrogens is 402 g/mol. The molecule has 6 heteroatoms. The van der Waals surface area contributed by atoms with E-state index in [-0.39, 0.29) is 36.5 Å². The number of methoxy groups -OCH3 is 1. The van der Waals surface area contributed by atoms with Crippen molar-refractivity contribution < 1.29 is 19.1 Å². The first-order chi connectivity index (χ1) is 14.5. The maximum Gasteiger partial charge on any atom is 0.417 e. The van der Waals surface area contributed by atoms with Gasteiger partial charge < -0.3 is 9.47 Å². The molecule has 1 heterocycles. The van der Waals surface area contributed by atoms with Gasteiger partial charge in [0, 0.05) is 24.0 Å². The minimum atomic E-state index is -0.564. The lowest BCUT2D eigenvalue weighted by Crippen LogP contribution is -2.42. The Labute approximate surface area is 181 Å². The summed E-state index contributed by atoms with van der Waals surface area (Å²) >= 11 is 6.10. The van der Waals surface area contributed by atoms with Gasteiger partial charge in [0.05, 0.1) is 6.10 Å². The summed E-state index contributed by atoms with van der Waals surface area (Å²) in [6.07, 6.45) is 3.27. The normalized spacial score (nSPS) is 26.5. The van der Waals surface area contributed by atoms with Crippen LogP contribution in [-0.2, 0) is 19.7 Å². The Morgan fingerprint density at radius 2 is 1.80 bits per heavy atom. The number of hydrogen-bond acceptors (Lipinski definition) is 4. The number of rotatable bonds is 5. The number of benzene rings is 2. The second-order valence-electron chi connectivity index (χ2n) is 8.17. The Hall–Kier alpha value is -2.37. The molecular formula is C24H26ClNO4. The summed E-state index contributed by atoms with van der Waals surface area (Å²) < 4.78 is 10.8. The molecule has 158 valence electrons. The zero-order valence-electron chi connectivity index (χ0n) is 17.1. The number of imide groups is 1. The number of hydrogen-bond donors (Lipinski definition) is 0. The van der Waals surface area contributed by atoms with Crippen LogP contribution in [0.15, 0.2) is 54.6 Å². The van der Waals surface area contributed by atoms with Crippen molar-refractivity contribution in [3.8, 4) is 0 Å². The molecule has 0 aromatic heterocycles. The first-order valence-electron chi connectivity index (χ1n) is 10.3. The molecule has 0 spiro atoms. The molecule has 0 bridgehead atoms. The van der Waals surface area contributed by atoms with E-state index in [0.29, 0.717) is 5.02 Å². The van der Waals surface area contributed by atoms with Crippen LogP contribution in [0.1, 0.15) is 49.3 Å². The van der Waals surface area contributed by atoms with E-state index in [1.54, 1.807) is 7.11 Å². The molecule has 1 saturated carbocycles. The van der Waals surface area contributed by atoms with E-state index < -0.39 is 6.09 Å². The maximum atomic E-state index is 13.5. The Morgan fingerprint density at radius 3 is 2.43 bits per heavy atom. The average molecular weight is 428 g/mol. The standard InChI is InChI=1S/C24H26ClNO4/c1-29-20-11-13-24(14-12-20,18-7-9-19(25)10-8-18)15-22(27)26-21(16-30-23(26)28)17-5-3-2-4-6-17/h2-10,20-21H,11-16H2,1H3/t20-,21-,24+/m1/s1. The molecule has 2 aliphatic rings. The van der Waals surface area contributed by atoms with Crippen molar-refractivity contribution in [2.24, 2.45) is 0 Å². The minimum Gasteiger partial charge on any atom is -0.446 e. The Morgan fingerprint density at radius 1 is 1.13 bits per heavy atom. The predicted octanol–water partition coefficient (Wildman–Crippen LogP) is 5.28. The maximum absolute atomic E-state index is 13.5. The molecule has 1 saturated heterocycles. The Balaban J connectivity index is 1.61. The molecule has 1 aliphatic heterocycles. The monoisotopic (exact) mass is 427 g/mol. The van der Waals surface area contributed by atoms with E-state index in [9.17, 15) is 9.59 Å². The van der Waals surface area contributed by atoms with Crippen LogP contribution < -0.4 is 0 Å². The van der Waals surface area contributed by atoms with Gasteiger partial charge in [-0.3, -0.25) is 4.79 Å². The van der Waals surface area contributed by atoms with Crippen LogP contribution in [0.5, 0.6) is 0 Å². The fourth-order valence-electron chi connectivity index (χ4n) is 4.74. The van der Waals surface area contributed by atoms with E-state index in [1.807, 2.05) is 54.6 Å². The van der Waals surface area contributed by atoms with Gasteiger partial charge in [-0.05, 0) is 48.9 Å². The van der Waals surface area contributed by atoms with Crippen molar-refractivity contribution in [3.05, 3.63) is 70.7 Å². The lowest BCUT2D eigenvalue weighted by molar-refractivity contribution is -0.131. The molecule has 2 amide bonds. The van der Waals surface area contributed by atoms with Crippen molar-refractivity contribution in [1.82, 2.24) is 4.90 Å². The molecule has 2 aromatic rings. The number of halogens is 1. The van der Waals surface area contributed by atoms with Crippen LogP contribution in [0.3, 0.4) is 0 Å². The van der Waals surface area contributed by atoms with Gasteiger partial charge in [-0.1, -0.05) is 54.1 Å². The van der Waals surface area contributed by atoms with Crippen molar-refractivity contribution in [2.45, 2.75) is 49.7 Å². The van der Waals surface area contributed by atoms with Gasteiger partial charge in [0.2, 0.25) is 5.91 Å². The molecule has 4 rings (SSSR count). The predicted molar refractivity (Wildman–Crippen MR) is 114 cm³/mol. The van der Waals surface area contributed by atoms with Crippen LogP contribution in [-0.4, -0.2) is 36.7 Å². The topological polar surface area (TPSA) is 55.8 Å². The fraction of sp³-hybridized carbons (Fsp3) is 0.417. The second kappa shape index (κ2) is 8.78. The van der Waals surface area contributed by atoms with Gasteiger partial charge in [0.1, 0.15) is 12.6 Å². The van der Waals surface area contributed by atoms with E-state index in [2.05, 4.69) is 0 Å². The second-order valence-corrected chi connectivity index (χ2v) is 8.60. The van der Waals surface area contributed by atoms with Crippen LogP contribution in [0, 0.1) is 0 Å². The molecule has 2 fully saturated rings. The minimum absolute atomic E-state index is 0.189. The lowest BCUT2D eigenvalue weighted by Gasteiger charge is -2.40. The fourth-order valence-corrected chi connectivity index (χ4v) is 4.87. The Bertz CT molecular complexity index is 891. The molecule has 1 aliphatic carbocycles. The SMILES string of the molecule is CO[C@H]1CC[C@@](CC(=O)N2C(=O)OC[C@@H]2c2ccccc2)(c2ccc(Cl)cc2)CC1. The third kappa shape index (κ3) is 4.09. The van der Waals surface area contributed by atoms with E-state index in [0.717, 1.165) is 36.8 Å². The number of ether oxygens (including phenoxy) is 2. The van der Waals surface area contributed by atoms with Crippen molar-refractivity contribution in [3.63, 3.8) is 0 Å². The van der Waals surface area contributed by atoms with Gasteiger partial charge in [-0.2, -0.15) is 0 Å². The summed E-state index contributed by atoms with van der Waals surface area (Å²) in [5, 5.41) is 0.665. The van der Waals surface area contributed by atoms with E-state index >= 15 is 0 Å². The summed E-state index contributed by atoms with van der Waals surface area (Å²) in [5.74, 6) is -0.197. The van der Waals surface area contributed by atoms with Crippen LogP contribution in [0.2, 0.25) is 5.02 Å². The highest BCUT2D eigenvalue weighted by atomic mass is 35.5. The first-order valence-corrected chi connectivity index (χ1v) is 10.7. The van der Waals surface area contributed by atoms with Crippen LogP contribution in [0.25, 0.3) is 0 Å². The highest BCUT2D eigenvalue weighted by Crippen LogP contribution is 2.44. The van der Waals surface area contributed by atoms with Crippen molar-refractivity contribution in [2.75, 3.05) is 13.7 Å². The molecule has 1 atom stereocenters. The van der Waals surface area contributed by atoms with Gasteiger partial charge in [0.25, 0.3) is 0 Å². The van der Waals surface area contributed by atoms with Gasteiger partial charge in [-0.25, -0.2) is 9.69 Å². The summed E-state index contributed by atoms with van der Waals surface area (Å²) in [6.45, 7) is 0.189. The van der Waals surface area contributed by atoms with Crippen molar-refractivity contribution in [1.29, 1.82) is 0 Å². The van der Waals surface area contributed by atoms with Gasteiger partial charge in [0.15, 0.2) is 0 Å². The van der Waals surface area contributed by atoms with Crippen LogP contribution >= 0.6 is 11.6 Å². The molecule has 30 heavy (non-hydrogen) atoms. The molecule has 2 aromatic carbocycles. The van der Waals surface area contributed by atoms with Gasteiger partial charge in [-0.15, -0.1) is 0 Å². The molecule has 0 radical (unpaired) electrons. The summed E-state index contributed by atoms with van der Waals surface area (Å²) in [6, 6.07) is 16.9. The number of nitrogens with zero attached hydrogens (tertiary/aromatic N) is 1. The van der Waals surface area contributed by atoms with Gasteiger partial charge >= 0.3 is 6.09 Å². The average Bonchev–Trinajstić information content (AvgIpc) is 3.17. The van der Waals surface area contributed by atoms with E-state index in [1.165, 1.54) is 4.90 Å². The third-order valence-electron chi connectivity index (χ3n) is 6.50. The quantitative estimate of drug-likeness (QED) is 0.651. The van der Waals surface area contributed by atoms with Crippen LogP contribution in [0.4, 0.5) is 4.79 Å². The third-order valence-corrected chi connectivity index (χ3v) is 6.75. The molecule has 5 nitrogen and oxygen atoms in total. The number of cyclic esters (lactones) is 1. The highest BCUT2D eigenvalue weighted by molar-refractivity contribution is 6.30. The van der Waals surface area contributed by atoms with Crippen molar-refractivity contribution >= 4 is 23.6 Å². The highest BCUT2D eigenvalue weighted by Gasteiger charge is 2.44. The smallest absolute Gasteiger partial charge is 0.417 e. The summed E-state index contributed by atoms with van der Waals surface area (Å²) in [5.41, 5.74) is 1.64. The Kier molecular flexibility index (Phi) is 6.11.